The summed E-state index contributed by atoms with van der Waals surface area (Å²) >= 11 is 6.19. The molecule has 0 aliphatic heterocycles. The van der Waals surface area contributed by atoms with Gasteiger partial charge in [-0.05, 0) is 0 Å². The second-order valence-corrected chi connectivity index (χ2v) is 2.52. The molecule has 0 fully saturated rings. The van der Waals surface area contributed by atoms with Gasteiger partial charge in [-0.15, -0.1) is 0 Å². The number of hydrogen-bond acceptors (Lipinski definition) is 4. The first-order valence-corrected chi connectivity index (χ1v) is 5.12. The maximum atomic E-state index is 7.18. The summed E-state index contributed by atoms with van der Waals surface area (Å²) in [5, 5.41) is 17.3. The van der Waals surface area contributed by atoms with Crippen LogP contribution in [-0.2, 0) is 18.6 Å². The van der Waals surface area contributed by atoms with Crippen LogP contribution in [0.5, 0.6) is 0 Å². The summed E-state index contributed by atoms with van der Waals surface area (Å²) in [6.07, 6.45) is 0. The van der Waals surface area contributed by atoms with Crippen molar-refractivity contribution < 1.29 is 18.6 Å². The molecule has 0 unspecified atom stereocenters. The summed E-state index contributed by atoms with van der Waals surface area (Å²) in [5.41, 5.74) is 0. The molecule has 0 saturated heterocycles. The first kappa shape index (κ1) is 21.3. The predicted octanol–water partition coefficient (Wildman–Crippen LogP) is 3.60. The van der Waals surface area contributed by atoms with Gasteiger partial charge in [-0.25, -0.2) is 12.1 Å². The summed E-state index contributed by atoms with van der Waals surface area (Å²) in [6.45, 7) is 0. The molecule has 2 rings (SSSR count). The number of rotatable bonds is 0. The van der Waals surface area contributed by atoms with E-state index in [2.05, 4.69) is 25.3 Å². The van der Waals surface area contributed by atoms with Crippen molar-refractivity contribution in [3.8, 4) is 10.8 Å². The normalized spacial score (nSPS) is 5.65. The Balaban J connectivity index is -0.000000157. The topological polar surface area (TPSA) is 47.6 Å². The van der Waals surface area contributed by atoms with Crippen LogP contribution < -0.4 is 0 Å². The Hall–Kier alpha value is -1.04. The largest absolute Gasteiger partial charge is 0.748 e. The summed E-state index contributed by atoms with van der Waals surface area (Å²) in [4.78, 5) is 0. The van der Waals surface area contributed by atoms with Crippen molar-refractivity contribution in [1.82, 2.24) is 0 Å². The van der Waals surface area contributed by atoms with Crippen molar-refractivity contribution in [3.63, 3.8) is 0 Å². The van der Waals surface area contributed by atoms with Gasteiger partial charge in [-0.3, -0.25) is 0 Å². The quantitative estimate of drug-likeness (QED) is 0.443. The van der Waals surface area contributed by atoms with Crippen molar-refractivity contribution in [2.24, 2.45) is 0 Å². The standard InChI is InChI=1S/2C5H5.2CHNS.V/c2*1-2-4-5-3-1;2*2-1-3;/h2*1-5H;2*3H;/q-5;-1;;;. The molecule has 0 aliphatic carbocycles. The summed E-state index contributed by atoms with van der Waals surface area (Å²) in [7, 11) is 0. The van der Waals surface area contributed by atoms with E-state index < -0.39 is 0 Å². The second-order valence-electron chi connectivity index (χ2n) is 2.12. The Bertz CT molecular complexity index is 285. The molecule has 93 valence electrons. The monoisotopic (exact) mass is 299 g/mol. The predicted molar refractivity (Wildman–Crippen MR) is 73.3 cm³/mol. The molecule has 17 heavy (non-hydrogen) atoms. The Morgan fingerprint density at radius 1 is 0.765 bits per heavy atom. The molecule has 0 N–H and O–H groups in total. The van der Waals surface area contributed by atoms with E-state index >= 15 is 0 Å². The summed E-state index contributed by atoms with van der Waals surface area (Å²) < 4.78 is 0. The number of thiocyanates is 2. The fraction of sp³-hybridized carbons (Fsp3) is 0. The number of hydrogen-bond donors (Lipinski definition) is 2. The Morgan fingerprint density at radius 2 is 1.00 bits per heavy atom. The Morgan fingerprint density at radius 3 is 1.12 bits per heavy atom. The average molecular weight is 299 g/mol. The number of thiol groups is 2. The van der Waals surface area contributed by atoms with E-state index in [1.165, 1.54) is 10.8 Å². The molecular formula is C12H12N2S2V-6. The Labute approximate surface area is 125 Å². The zero-order valence-electron chi connectivity index (χ0n) is 9.01. The molecular weight excluding hydrogens is 287 g/mol. The van der Waals surface area contributed by atoms with E-state index in [1.807, 2.05) is 60.7 Å². The zero-order chi connectivity index (χ0) is 12.5. The third-order valence-electron chi connectivity index (χ3n) is 1.11. The van der Waals surface area contributed by atoms with Crippen molar-refractivity contribution in [2.45, 2.75) is 0 Å². The van der Waals surface area contributed by atoms with Gasteiger partial charge in [0.15, 0.2) is 0 Å². The van der Waals surface area contributed by atoms with E-state index in [9.17, 15) is 0 Å². The van der Waals surface area contributed by atoms with Crippen LogP contribution in [0.15, 0.2) is 60.7 Å². The minimum absolute atomic E-state index is 0. The number of nitriles is 2. The molecule has 0 aromatic heterocycles. The van der Waals surface area contributed by atoms with Crippen LogP contribution in [0.4, 0.5) is 0 Å². The maximum Gasteiger partial charge on any atom is 0.130 e. The fourth-order valence-electron chi connectivity index (χ4n) is 0.642. The smallest absolute Gasteiger partial charge is 0.130 e. The van der Waals surface area contributed by atoms with Gasteiger partial charge in [0, 0.05) is 18.6 Å². The zero-order valence-corrected chi connectivity index (χ0v) is 12.2. The molecule has 0 saturated carbocycles. The third-order valence-corrected chi connectivity index (χ3v) is 1.11. The molecule has 0 bridgehead atoms. The van der Waals surface area contributed by atoms with Gasteiger partial charge >= 0.3 is 0 Å². The molecule has 0 atom stereocenters. The van der Waals surface area contributed by atoms with Gasteiger partial charge < -0.3 is 30.3 Å². The van der Waals surface area contributed by atoms with Crippen LogP contribution >= 0.6 is 25.3 Å². The molecule has 1 radical (unpaired) electrons. The van der Waals surface area contributed by atoms with Gasteiger partial charge in [0.05, 0.1) is 0 Å². The van der Waals surface area contributed by atoms with E-state index in [0.717, 1.165) is 0 Å². The van der Waals surface area contributed by atoms with Crippen LogP contribution in [0, 0.1) is 21.3 Å². The van der Waals surface area contributed by atoms with Crippen LogP contribution in [0.3, 0.4) is 0 Å². The van der Waals surface area contributed by atoms with Gasteiger partial charge in [-0.1, -0.05) is 25.3 Å². The third kappa shape index (κ3) is 31.3. The molecule has 2 aromatic rings. The van der Waals surface area contributed by atoms with Gasteiger partial charge in [-0.2, -0.15) is 28.7 Å². The Kier molecular flexibility index (Phi) is 30.4. The van der Waals surface area contributed by atoms with Crippen molar-refractivity contribution in [2.75, 3.05) is 0 Å². The minimum atomic E-state index is 0. The first-order valence-electron chi connectivity index (χ1n) is 4.23. The molecule has 0 spiro atoms. The summed E-state index contributed by atoms with van der Waals surface area (Å²) in [5.74, 6) is 0. The fourth-order valence-corrected chi connectivity index (χ4v) is 0.642. The van der Waals surface area contributed by atoms with E-state index in [-0.39, 0.29) is 18.6 Å². The summed E-state index contributed by atoms with van der Waals surface area (Å²) in [6, 6.07) is 20.0. The average Bonchev–Trinajstić information content (AvgIpc) is 3.00. The van der Waals surface area contributed by atoms with Crippen LogP contribution in [-0.4, -0.2) is 0 Å². The second kappa shape index (κ2) is 24.3. The van der Waals surface area contributed by atoms with Crippen molar-refractivity contribution >= 4 is 25.3 Å². The minimum Gasteiger partial charge on any atom is -0.748 e. The van der Waals surface area contributed by atoms with Gasteiger partial charge in [0.1, 0.15) is 10.8 Å². The van der Waals surface area contributed by atoms with E-state index in [1.54, 1.807) is 0 Å². The van der Waals surface area contributed by atoms with Gasteiger partial charge in [0.2, 0.25) is 0 Å². The SMILES string of the molecule is N#CS.N#CS.[V].[cH-]1[cH-][cH-][cH-][cH-]1.c1cc[cH-]c1. The van der Waals surface area contributed by atoms with Crippen LogP contribution in [0.25, 0.3) is 0 Å². The van der Waals surface area contributed by atoms with Crippen molar-refractivity contribution in [1.29, 1.82) is 10.5 Å². The van der Waals surface area contributed by atoms with Gasteiger partial charge in [0.25, 0.3) is 0 Å². The molecule has 2 aromatic carbocycles. The van der Waals surface area contributed by atoms with Crippen LogP contribution in [0.1, 0.15) is 0 Å². The molecule has 2 nitrogen and oxygen atoms in total. The molecule has 5 heteroatoms. The molecule has 0 heterocycles. The molecule has 0 aliphatic rings. The maximum absolute atomic E-state index is 7.18. The van der Waals surface area contributed by atoms with E-state index in [0.29, 0.717) is 0 Å². The van der Waals surface area contributed by atoms with E-state index in [4.69, 9.17) is 10.5 Å². The van der Waals surface area contributed by atoms with Crippen LogP contribution in [0.2, 0.25) is 0 Å². The first-order chi connectivity index (χ1) is 7.83. The molecule has 0 amide bonds. The number of nitrogens with zero attached hydrogens (tertiary/aromatic N) is 2. The van der Waals surface area contributed by atoms with Crippen molar-refractivity contribution in [3.05, 3.63) is 60.7 Å².